The predicted molar refractivity (Wildman–Crippen MR) is 133 cm³/mol. The van der Waals surface area contributed by atoms with Crippen LogP contribution in [0, 0.1) is 0 Å². The number of aromatic nitrogens is 1. The topological polar surface area (TPSA) is 91.5 Å². The fourth-order valence-corrected chi connectivity index (χ4v) is 2.90. The van der Waals surface area contributed by atoms with Gasteiger partial charge >= 0.3 is 0 Å². The van der Waals surface area contributed by atoms with Crippen molar-refractivity contribution < 1.29 is 9.21 Å². The highest BCUT2D eigenvalue weighted by Crippen LogP contribution is 2.07. The van der Waals surface area contributed by atoms with Gasteiger partial charge in [-0.2, -0.15) is 0 Å². The van der Waals surface area contributed by atoms with Gasteiger partial charge in [0.1, 0.15) is 10.9 Å². The normalized spacial score (nSPS) is 10.8. The van der Waals surface area contributed by atoms with Crippen LogP contribution in [0.25, 0.3) is 0 Å². The number of benzene rings is 1. The van der Waals surface area contributed by atoms with E-state index in [-0.39, 0.29) is 29.9 Å². The number of halogens is 2. The molecule has 1 aromatic carbocycles. The Morgan fingerprint density at radius 3 is 2.65 bits per heavy atom. The summed E-state index contributed by atoms with van der Waals surface area (Å²) in [6.07, 6.45) is 4.15. The van der Waals surface area contributed by atoms with Gasteiger partial charge in [-0.15, -0.1) is 24.0 Å². The number of nitrogens with one attached hydrogen (secondary N) is 3. The zero-order chi connectivity index (χ0) is 21.2. The van der Waals surface area contributed by atoms with Crippen LogP contribution >= 0.6 is 35.6 Å². The van der Waals surface area contributed by atoms with Gasteiger partial charge in [-0.1, -0.05) is 29.8 Å². The van der Waals surface area contributed by atoms with Crippen molar-refractivity contribution in [2.45, 2.75) is 19.5 Å². The van der Waals surface area contributed by atoms with Crippen molar-refractivity contribution in [3.63, 3.8) is 0 Å². The molecular weight excluding hydrogens is 529 g/mol. The molecule has 0 aliphatic carbocycles. The average molecular weight is 554 g/mol. The number of hydrogen-bond acceptors (Lipinski definition) is 4. The van der Waals surface area contributed by atoms with Crippen LogP contribution in [0.1, 0.15) is 27.2 Å². The van der Waals surface area contributed by atoms with Crippen LogP contribution in [0.3, 0.4) is 0 Å². The Hall–Kier alpha value is -2.59. The molecule has 1 amide bonds. The number of rotatable bonds is 8. The zero-order valence-electron chi connectivity index (χ0n) is 17.1. The third kappa shape index (κ3) is 8.22. The van der Waals surface area contributed by atoms with Crippen LogP contribution in [-0.4, -0.2) is 30.4 Å². The zero-order valence-corrected chi connectivity index (χ0v) is 20.2. The van der Waals surface area contributed by atoms with Crippen LogP contribution in [-0.2, 0) is 19.5 Å². The summed E-state index contributed by atoms with van der Waals surface area (Å²) in [7, 11) is 1.72. The van der Waals surface area contributed by atoms with Crippen LogP contribution in [0.15, 0.2) is 70.4 Å². The van der Waals surface area contributed by atoms with Gasteiger partial charge in [-0.05, 0) is 47.9 Å². The molecule has 31 heavy (non-hydrogen) atoms. The number of hydrogen-bond donors (Lipinski definition) is 3. The van der Waals surface area contributed by atoms with Gasteiger partial charge in [-0.25, -0.2) is 4.98 Å². The highest BCUT2D eigenvalue weighted by Gasteiger charge is 2.07. The summed E-state index contributed by atoms with van der Waals surface area (Å²) in [6, 6.07) is 14.8. The lowest BCUT2D eigenvalue weighted by Crippen LogP contribution is -2.37. The second-order valence-corrected chi connectivity index (χ2v) is 6.94. The van der Waals surface area contributed by atoms with E-state index in [4.69, 9.17) is 16.0 Å². The van der Waals surface area contributed by atoms with E-state index in [0.717, 1.165) is 17.5 Å². The Balaban J connectivity index is 0.00000341. The molecular formula is C22H25ClIN5O2. The van der Waals surface area contributed by atoms with E-state index in [0.29, 0.717) is 42.1 Å². The number of carbonyl (C=O) groups excluding carboxylic acids is 1. The summed E-state index contributed by atoms with van der Waals surface area (Å²) in [6.45, 7) is 1.60. The first-order valence-corrected chi connectivity index (χ1v) is 9.96. The van der Waals surface area contributed by atoms with Crippen LogP contribution < -0.4 is 16.0 Å². The van der Waals surface area contributed by atoms with Gasteiger partial charge in [0.15, 0.2) is 5.96 Å². The Morgan fingerprint density at radius 2 is 1.94 bits per heavy atom. The monoisotopic (exact) mass is 553 g/mol. The van der Waals surface area contributed by atoms with E-state index < -0.39 is 0 Å². The number of amides is 1. The predicted octanol–water partition coefficient (Wildman–Crippen LogP) is 3.78. The highest BCUT2D eigenvalue weighted by atomic mass is 127. The standard InChI is InChI=1S/C22H24ClN5O2.HI/c1-24-22(25-10-9-16-7-8-20(23)26-13-16)28-14-17-4-2-5-18(12-17)21(29)27-15-19-6-3-11-30-19;/h2-8,11-13H,9-10,14-15H2,1H3,(H,27,29)(H2,24,25,28);1H. The Bertz CT molecular complexity index is 978. The maximum absolute atomic E-state index is 12.4. The molecule has 0 saturated carbocycles. The lowest BCUT2D eigenvalue weighted by molar-refractivity contribution is 0.0948. The Kier molecular flexibility index (Phi) is 10.3. The van der Waals surface area contributed by atoms with Crippen LogP contribution in [0.2, 0.25) is 5.15 Å². The summed E-state index contributed by atoms with van der Waals surface area (Å²) >= 11 is 5.80. The molecule has 0 radical (unpaired) electrons. The summed E-state index contributed by atoms with van der Waals surface area (Å²) in [5, 5.41) is 9.86. The number of guanidine groups is 1. The maximum atomic E-state index is 12.4. The van der Waals surface area contributed by atoms with Crippen molar-refractivity contribution in [2.24, 2.45) is 4.99 Å². The fourth-order valence-electron chi connectivity index (χ4n) is 2.79. The van der Waals surface area contributed by atoms with Gasteiger partial charge in [0.2, 0.25) is 0 Å². The van der Waals surface area contributed by atoms with Gasteiger partial charge < -0.3 is 20.4 Å². The minimum absolute atomic E-state index is 0. The number of nitrogens with zero attached hydrogens (tertiary/aromatic N) is 2. The van der Waals surface area contributed by atoms with Crippen molar-refractivity contribution >= 4 is 47.4 Å². The molecule has 0 atom stereocenters. The number of carbonyl (C=O) groups is 1. The maximum Gasteiger partial charge on any atom is 0.251 e. The summed E-state index contributed by atoms with van der Waals surface area (Å²) in [4.78, 5) is 20.7. The van der Waals surface area contributed by atoms with Crippen LogP contribution in [0.5, 0.6) is 0 Å². The third-order valence-corrected chi connectivity index (χ3v) is 4.59. The Labute approximate surface area is 203 Å². The highest BCUT2D eigenvalue weighted by molar-refractivity contribution is 14.0. The molecule has 0 bridgehead atoms. The van der Waals surface area contributed by atoms with Crippen molar-refractivity contribution in [1.29, 1.82) is 0 Å². The van der Waals surface area contributed by atoms with Gasteiger partial charge in [0.05, 0.1) is 12.8 Å². The first-order valence-electron chi connectivity index (χ1n) is 9.58. The summed E-state index contributed by atoms with van der Waals surface area (Å²) < 4.78 is 5.23. The average Bonchev–Trinajstić information content (AvgIpc) is 3.29. The van der Waals surface area contributed by atoms with E-state index in [1.807, 2.05) is 30.3 Å². The molecule has 2 heterocycles. The lowest BCUT2D eigenvalue weighted by Gasteiger charge is -2.12. The van der Waals surface area contributed by atoms with E-state index in [1.165, 1.54) is 0 Å². The molecule has 0 aliphatic rings. The first-order chi connectivity index (χ1) is 14.6. The first kappa shape index (κ1) is 24.7. The van der Waals surface area contributed by atoms with E-state index >= 15 is 0 Å². The molecule has 2 aromatic heterocycles. The van der Waals surface area contributed by atoms with Gasteiger partial charge in [0, 0.05) is 31.9 Å². The van der Waals surface area contributed by atoms with Gasteiger partial charge in [0.25, 0.3) is 5.91 Å². The lowest BCUT2D eigenvalue weighted by atomic mass is 10.1. The molecule has 3 aromatic rings. The van der Waals surface area contributed by atoms with E-state index in [2.05, 4.69) is 25.9 Å². The third-order valence-electron chi connectivity index (χ3n) is 4.37. The van der Waals surface area contributed by atoms with E-state index in [9.17, 15) is 4.79 Å². The number of pyridine rings is 1. The SMILES string of the molecule is CN=C(NCCc1ccc(Cl)nc1)NCc1cccc(C(=O)NCc2ccco2)c1.I. The fraction of sp³-hybridized carbons (Fsp3) is 0.227. The number of aliphatic imine (C=N–C) groups is 1. The molecule has 7 nitrogen and oxygen atoms in total. The molecule has 0 spiro atoms. The Morgan fingerprint density at radius 1 is 1.06 bits per heavy atom. The molecule has 3 N–H and O–H groups in total. The minimum Gasteiger partial charge on any atom is -0.467 e. The second-order valence-electron chi connectivity index (χ2n) is 6.55. The van der Waals surface area contributed by atoms with Crippen molar-refractivity contribution in [3.8, 4) is 0 Å². The smallest absolute Gasteiger partial charge is 0.251 e. The molecule has 164 valence electrons. The van der Waals surface area contributed by atoms with Crippen molar-refractivity contribution in [3.05, 3.63) is 88.6 Å². The second kappa shape index (κ2) is 13.0. The molecule has 0 saturated heterocycles. The molecule has 3 rings (SSSR count). The quantitative estimate of drug-likeness (QED) is 0.171. The van der Waals surface area contributed by atoms with E-state index in [1.54, 1.807) is 37.7 Å². The van der Waals surface area contributed by atoms with Crippen molar-refractivity contribution in [2.75, 3.05) is 13.6 Å². The largest absolute Gasteiger partial charge is 0.467 e. The number of furan rings is 1. The molecule has 0 unspecified atom stereocenters. The van der Waals surface area contributed by atoms with Gasteiger partial charge in [-0.3, -0.25) is 9.79 Å². The molecule has 9 heteroatoms. The minimum atomic E-state index is -0.146. The summed E-state index contributed by atoms with van der Waals surface area (Å²) in [5.41, 5.74) is 2.67. The molecule has 0 aliphatic heterocycles. The van der Waals surface area contributed by atoms with Crippen molar-refractivity contribution in [1.82, 2.24) is 20.9 Å². The summed E-state index contributed by atoms with van der Waals surface area (Å²) in [5.74, 6) is 1.25. The van der Waals surface area contributed by atoms with Crippen LogP contribution in [0.4, 0.5) is 0 Å². The molecule has 0 fully saturated rings.